The van der Waals surface area contributed by atoms with E-state index in [1.54, 1.807) is 0 Å². The van der Waals surface area contributed by atoms with Crippen molar-refractivity contribution in [1.82, 2.24) is 0 Å². The monoisotopic (exact) mass is 240 g/mol. The standard InChI is InChI=1S/C16H16O2/c1-18-16(17)11-10-13-6-5-9-15(12-13)14-7-3-2-4-8-14/h2-9,12H,10-11H2,1H3. The normalized spacial score (nSPS) is 10.1. The second-order valence-corrected chi connectivity index (χ2v) is 4.14. The molecule has 2 heteroatoms. The van der Waals surface area contributed by atoms with Crippen LogP contribution in [-0.2, 0) is 16.0 Å². The van der Waals surface area contributed by atoms with Gasteiger partial charge in [-0.15, -0.1) is 0 Å². The lowest BCUT2D eigenvalue weighted by Gasteiger charge is -2.05. The van der Waals surface area contributed by atoms with Crippen LogP contribution in [-0.4, -0.2) is 13.1 Å². The Balaban J connectivity index is 2.13. The first-order valence-electron chi connectivity index (χ1n) is 6.01. The summed E-state index contributed by atoms with van der Waals surface area (Å²) in [6.45, 7) is 0. The summed E-state index contributed by atoms with van der Waals surface area (Å²) in [6, 6.07) is 18.5. The van der Waals surface area contributed by atoms with E-state index in [2.05, 4.69) is 29.0 Å². The first-order chi connectivity index (χ1) is 8.79. The van der Waals surface area contributed by atoms with Crippen LogP contribution in [0, 0.1) is 0 Å². The van der Waals surface area contributed by atoms with Crippen LogP contribution in [0.4, 0.5) is 0 Å². The maximum absolute atomic E-state index is 11.1. The summed E-state index contributed by atoms with van der Waals surface area (Å²) < 4.78 is 4.65. The van der Waals surface area contributed by atoms with Crippen LogP contribution in [0.1, 0.15) is 12.0 Å². The lowest BCUT2D eigenvalue weighted by Crippen LogP contribution is -2.01. The van der Waals surface area contributed by atoms with Gasteiger partial charge in [0.1, 0.15) is 0 Å². The van der Waals surface area contributed by atoms with Crippen LogP contribution in [0.2, 0.25) is 0 Å². The summed E-state index contributed by atoms with van der Waals surface area (Å²) in [5, 5.41) is 0. The molecule has 0 atom stereocenters. The van der Waals surface area contributed by atoms with Crippen LogP contribution in [0.3, 0.4) is 0 Å². The molecule has 2 aromatic rings. The minimum absolute atomic E-state index is 0.167. The highest BCUT2D eigenvalue weighted by atomic mass is 16.5. The SMILES string of the molecule is COC(=O)CCc1cccc(-c2ccccc2)c1. The molecule has 0 saturated heterocycles. The second kappa shape index (κ2) is 6.01. The van der Waals surface area contributed by atoms with Crippen molar-refractivity contribution in [3.8, 4) is 11.1 Å². The minimum atomic E-state index is -0.167. The Morgan fingerprint density at radius 1 is 1.00 bits per heavy atom. The first-order valence-corrected chi connectivity index (χ1v) is 6.01. The Labute approximate surface area is 107 Å². The van der Waals surface area contributed by atoms with Crippen molar-refractivity contribution in [3.05, 3.63) is 60.2 Å². The number of esters is 1. The zero-order valence-electron chi connectivity index (χ0n) is 10.4. The van der Waals surface area contributed by atoms with Gasteiger partial charge in [-0.05, 0) is 23.1 Å². The van der Waals surface area contributed by atoms with Gasteiger partial charge < -0.3 is 4.74 Å². The summed E-state index contributed by atoms with van der Waals surface area (Å²) >= 11 is 0. The van der Waals surface area contributed by atoms with Gasteiger partial charge in [0.05, 0.1) is 7.11 Å². The number of rotatable bonds is 4. The van der Waals surface area contributed by atoms with E-state index in [4.69, 9.17) is 0 Å². The second-order valence-electron chi connectivity index (χ2n) is 4.14. The Morgan fingerprint density at radius 3 is 2.44 bits per heavy atom. The third-order valence-corrected chi connectivity index (χ3v) is 2.88. The van der Waals surface area contributed by atoms with E-state index < -0.39 is 0 Å². The number of aryl methyl sites for hydroxylation is 1. The van der Waals surface area contributed by atoms with Gasteiger partial charge >= 0.3 is 5.97 Å². The summed E-state index contributed by atoms with van der Waals surface area (Å²) in [5.41, 5.74) is 3.53. The molecule has 0 spiro atoms. The molecule has 2 nitrogen and oxygen atoms in total. The number of benzene rings is 2. The number of hydrogen-bond acceptors (Lipinski definition) is 2. The molecule has 2 aromatic carbocycles. The van der Waals surface area contributed by atoms with Gasteiger partial charge in [0, 0.05) is 6.42 Å². The molecule has 0 aliphatic rings. The van der Waals surface area contributed by atoms with Crippen molar-refractivity contribution in [2.75, 3.05) is 7.11 Å². The summed E-state index contributed by atoms with van der Waals surface area (Å²) in [4.78, 5) is 11.1. The van der Waals surface area contributed by atoms with Gasteiger partial charge in [0.25, 0.3) is 0 Å². The van der Waals surface area contributed by atoms with Crippen LogP contribution in [0.5, 0.6) is 0 Å². The highest BCUT2D eigenvalue weighted by Crippen LogP contribution is 2.20. The third kappa shape index (κ3) is 3.20. The number of carbonyl (C=O) groups is 1. The van der Waals surface area contributed by atoms with E-state index in [-0.39, 0.29) is 5.97 Å². The fourth-order valence-electron chi connectivity index (χ4n) is 1.89. The number of methoxy groups -OCH3 is 1. The summed E-state index contributed by atoms with van der Waals surface area (Å²) in [5.74, 6) is -0.167. The van der Waals surface area contributed by atoms with E-state index in [1.165, 1.54) is 18.2 Å². The maximum atomic E-state index is 11.1. The van der Waals surface area contributed by atoms with Gasteiger partial charge in [0.15, 0.2) is 0 Å². The van der Waals surface area contributed by atoms with Crippen LogP contribution >= 0.6 is 0 Å². The van der Waals surface area contributed by atoms with Crippen molar-refractivity contribution in [1.29, 1.82) is 0 Å². The number of ether oxygens (including phenoxy) is 1. The molecule has 92 valence electrons. The zero-order valence-corrected chi connectivity index (χ0v) is 10.4. The van der Waals surface area contributed by atoms with E-state index in [0.29, 0.717) is 12.8 Å². The van der Waals surface area contributed by atoms with Gasteiger partial charge in [-0.25, -0.2) is 0 Å². The van der Waals surface area contributed by atoms with Crippen molar-refractivity contribution in [3.63, 3.8) is 0 Å². The predicted octanol–water partition coefficient (Wildman–Crippen LogP) is 3.46. The average molecular weight is 240 g/mol. The van der Waals surface area contributed by atoms with E-state index in [9.17, 15) is 4.79 Å². The fraction of sp³-hybridized carbons (Fsp3) is 0.188. The third-order valence-electron chi connectivity index (χ3n) is 2.88. The fourth-order valence-corrected chi connectivity index (χ4v) is 1.89. The molecule has 0 aliphatic heterocycles. The molecule has 0 fully saturated rings. The molecule has 0 aromatic heterocycles. The number of hydrogen-bond donors (Lipinski definition) is 0. The number of carbonyl (C=O) groups excluding carboxylic acids is 1. The molecule has 18 heavy (non-hydrogen) atoms. The van der Waals surface area contributed by atoms with Crippen molar-refractivity contribution >= 4 is 5.97 Å². The van der Waals surface area contributed by atoms with E-state index >= 15 is 0 Å². The van der Waals surface area contributed by atoms with Gasteiger partial charge in [-0.3, -0.25) is 4.79 Å². The van der Waals surface area contributed by atoms with E-state index in [1.807, 2.05) is 30.3 Å². The molecule has 0 unspecified atom stereocenters. The summed E-state index contributed by atoms with van der Waals surface area (Å²) in [7, 11) is 1.42. The highest BCUT2D eigenvalue weighted by molar-refractivity contribution is 5.70. The topological polar surface area (TPSA) is 26.3 Å². The predicted molar refractivity (Wildman–Crippen MR) is 72.2 cm³/mol. The first kappa shape index (κ1) is 12.4. The highest BCUT2D eigenvalue weighted by Gasteiger charge is 2.03. The Hall–Kier alpha value is -2.09. The largest absolute Gasteiger partial charge is 0.469 e. The van der Waals surface area contributed by atoms with Crippen molar-refractivity contribution < 1.29 is 9.53 Å². The zero-order chi connectivity index (χ0) is 12.8. The molecule has 0 aliphatic carbocycles. The smallest absolute Gasteiger partial charge is 0.305 e. The quantitative estimate of drug-likeness (QED) is 0.765. The van der Waals surface area contributed by atoms with Gasteiger partial charge in [-0.1, -0.05) is 54.6 Å². The molecule has 0 amide bonds. The Kier molecular flexibility index (Phi) is 4.13. The maximum Gasteiger partial charge on any atom is 0.305 e. The molecule has 0 N–H and O–H groups in total. The Morgan fingerprint density at radius 2 is 1.72 bits per heavy atom. The summed E-state index contributed by atoms with van der Waals surface area (Å²) in [6.07, 6.45) is 1.14. The Bertz CT molecular complexity index is 518. The lowest BCUT2D eigenvalue weighted by molar-refractivity contribution is -0.140. The van der Waals surface area contributed by atoms with Gasteiger partial charge in [-0.2, -0.15) is 0 Å². The van der Waals surface area contributed by atoms with Crippen LogP contribution < -0.4 is 0 Å². The molecule has 0 bridgehead atoms. The average Bonchev–Trinajstić information content (AvgIpc) is 2.46. The molecule has 2 rings (SSSR count). The van der Waals surface area contributed by atoms with E-state index in [0.717, 1.165) is 5.56 Å². The molecular formula is C16H16O2. The minimum Gasteiger partial charge on any atom is -0.469 e. The van der Waals surface area contributed by atoms with Crippen LogP contribution in [0.15, 0.2) is 54.6 Å². The van der Waals surface area contributed by atoms with Crippen LogP contribution in [0.25, 0.3) is 11.1 Å². The molecule has 0 heterocycles. The molecule has 0 saturated carbocycles. The lowest BCUT2D eigenvalue weighted by atomic mass is 10.0. The van der Waals surface area contributed by atoms with Gasteiger partial charge in [0.2, 0.25) is 0 Å². The molecule has 0 radical (unpaired) electrons. The van der Waals surface area contributed by atoms with Crippen molar-refractivity contribution in [2.24, 2.45) is 0 Å². The van der Waals surface area contributed by atoms with Crippen molar-refractivity contribution in [2.45, 2.75) is 12.8 Å². The molecular weight excluding hydrogens is 224 g/mol.